The van der Waals surface area contributed by atoms with Gasteiger partial charge in [-0.25, -0.2) is 18.7 Å². The number of alkyl halides is 1. The number of aliphatic carboxylic acids is 2. The van der Waals surface area contributed by atoms with Crippen LogP contribution in [0.25, 0.3) is 21.9 Å². The zero-order valence-electron chi connectivity index (χ0n) is 41.2. The summed E-state index contributed by atoms with van der Waals surface area (Å²) in [6.07, 6.45) is 7.18. The molecule has 73 heavy (non-hydrogen) atoms. The van der Waals surface area contributed by atoms with Crippen LogP contribution in [-0.2, 0) is 40.3 Å². The summed E-state index contributed by atoms with van der Waals surface area (Å²) in [5, 5.41) is 37.7. The minimum Gasteiger partial charge on any atom is -0.481 e. The van der Waals surface area contributed by atoms with Gasteiger partial charge in [-0.3, -0.25) is 28.3 Å². The third kappa shape index (κ3) is 13.0. The highest BCUT2D eigenvalue weighted by molar-refractivity contribution is 9.09. The van der Waals surface area contributed by atoms with Crippen LogP contribution in [0.15, 0.2) is 55.0 Å². The van der Waals surface area contributed by atoms with Crippen LogP contribution in [0.4, 0.5) is 8.78 Å². The lowest BCUT2D eigenvalue weighted by atomic mass is 9.91. The molecule has 3 N–H and O–H groups in total. The van der Waals surface area contributed by atoms with Crippen molar-refractivity contribution in [2.24, 2.45) is 0 Å². The standard InChI is InChI=1S/C26H31FN4O5.C23H27FN4O3.C3H5BrO2/c1-16-19(26(34)31-10-2-3-21(25(31)28-16)35-14-9-23(32)33)8-13-30-11-6-17(7-12-30)24-20-5-4-18(27)15-22(20)36-29-24;1-14-17(23(30)28-9-2-3-19(29)22(28)25-14)8-12-27-10-6-15(7-11-27)21-18-5-4-16(24)13-20(18)31-26-21;4-2-1-3(5)6/h4-5,15,17,21H,2-3,6-14H2,1H3,(H,32,33);4-5,13,15,19,29H,2-3,6-12H2,1H3;1-2H2,(H,5,6). The molecule has 8 heterocycles. The highest BCUT2D eigenvalue weighted by Crippen LogP contribution is 2.35. The molecule has 4 aromatic heterocycles. The number of rotatable bonds is 14. The number of likely N-dealkylation sites (tertiary alicyclic amines) is 2. The van der Waals surface area contributed by atoms with E-state index in [9.17, 15) is 33.1 Å². The molecule has 21 heteroatoms. The average molecular weight is 1080 g/mol. The van der Waals surface area contributed by atoms with Gasteiger partial charge in [-0.05, 0) is 129 Å². The molecule has 0 amide bonds. The fraction of sp³-hybridized carbons (Fsp3) is 0.538. The van der Waals surface area contributed by atoms with Crippen molar-refractivity contribution in [3.05, 3.63) is 114 Å². The Balaban J connectivity index is 0.000000177. The summed E-state index contributed by atoms with van der Waals surface area (Å²) in [5.41, 5.74) is 5.72. The number of aliphatic hydroxyl groups excluding tert-OH is 1. The molecule has 0 bridgehead atoms. The van der Waals surface area contributed by atoms with Gasteiger partial charge in [0.15, 0.2) is 11.2 Å². The number of hydrogen-bond donors (Lipinski definition) is 3. The van der Waals surface area contributed by atoms with Crippen molar-refractivity contribution in [2.45, 2.75) is 128 Å². The van der Waals surface area contributed by atoms with Crippen molar-refractivity contribution in [2.75, 3.05) is 51.2 Å². The fourth-order valence-corrected chi connectivity index (χ4v) is 10.8. The highest BCUT2D eigenvalue weighted by Gasteiger charge is 2.30. The van der Waals surface area contributed by atoms with E-state index in [-0.39, 0.29) is 54.2 Å². The maximum absolute atomic E-state index is 13.5. The topological polar surface area (TPSA) is 232 Å². The van der Waals surface area contributed by atoms with E-state index < -0.39 is 18.0 Å². The first-order valence-corrected chi connectivity index (χ1v) is 26.3. The largest absolute Gasteiger partial charge is 0.481 e. The molecule has 2 atom stereocenters. The number of aryl methyl sites for hydroxylation is 2. The monoisotopic (exact) mass is 1080 g/mol. The van der Waals surface area contributed by atoms with E-state index in [1.165, 1.54) is 24.3 Å². The van der Waals surface area contributed by atoms with Crippen molar-refractivity contribution >= 4 is 49.8 Å². The highest BCUT2D eigenvalue weighted by atomic mass is 79.9. The Morgan fingerprint density at radius 1 is 0.685 bits per heavy atom. The fourth-order valence-electron chi connectivity index (χ4n) is 10.5. The van der Waals surface area contributed by atoms with Crippen LogP contribution in [0.1, 0.15) is 134 Å². The lowest BCUT2D eigenvalue weighted by Gasteiger charge is -2.31. The van der Waals surface area contributed by atoms with Gasteiger partial charge in [0.1, 0.15) is 35.5 Å². The minimum absolute atomic E-state index is 0.00237. The Bertz CT molecular complexity index is 3020. The molecule has 4 aliphatic heterocycles. The van der Waals surface area contributed by atoms with E-state index in [2.05, 4.69) is 41.0 Å². The molecule has 2 aromatic carbocycles. The van der Waals surface area contributed by atoms with E-state index in [1.54, 1.807) is 21.3 Å². The number of carboxylic acids is 2. The van der Waals surface area contributed by atoms with Crippen LogP contribution < -0.4 is 11.1 Å². The molecule has 392 valence electrons. The molecule has 6 aromatic rings. The van der Waals surface area contributed by atoms with Crippen molar-refractivity contribution in [1.29, 1.82) is 0 Å². The SMILES string of the molecule is Cc1nc2n(c(=O)c1CCN1CCC(c3noc4cc(F)ccc34)CC1)CCCC2O.Cc1nc2n(c(=O)c1CCN1CCC(c3noc4cc(F)ccc34)CC1)CCCC2OCCC(=O)O.O=C(O)CCBr. The number of aliphatic hydroxyl groups is 1. The first-order chi connectivity index (χ1) is 35.2. The molecule has 0 radical (unpaired) electrons. The Morgan fingerprint density at radius 3 is 1.62 bits per heavy atom. The Labute approximate surface area is 428 Å². The predicted molar refractivity (Wildman–Crippen MR) is 269 cm³/mol. The minimum atomic E-state index is -0.906. The van der Waals surface area contributed by atoms with Gasteiger partial charge < -0.3 is 38.9 Å². The number of carbonyl (C=O) groups is 2. The number of ether oxygens (including phenoxy) is 1. The number of benzene rings is 2. The van der Waals surface area contributed by atoms with E-state index in [0.29, 0.717) is 66.4 Å². The summed E-state index contributed by atoms with van der Waals surface area (Å²) in [5.74, 6) is -0.627. The summed E-state index contributed by atoms with van der Waals surface area (Å²) >= 11 is 2.97. The van der Waals surface area contributed by atoms with Crippen LogP contribution in [0.2, 0.25) is 0 Å². The first-order valence-electron chi connectivity index (χ1n) is 25.2. The molecule has 2 saturated heterocycles. The second-order valence-electron chi connectivity index (χ2n) is 19.3. The summed E-state index contributed by atoms with van der Waals surface area (Å²) in [4.78, 5) is 60.6. The molecular weight excluding hydrogens is 1010 g/mol. The van der Waals surface area contributed by atoms with Crippen molar-refractivity contribution in [3.8, 4) is 0 Å². The normalized spacial score (nSPS) is 18.7. The number of carboxylic acid groups (broad SMARTS) is 2. The van der Waals surface area contributed by atoms with Crippen LogP contribution in [0.5, 0.6) is 0 Å². The van der Waals surface area contributed by atoms with Crippen LogP contribution in [-0.4, -0.2) is 118 Å². The van der Waals surface area contributed by atoms with E-state index in [0.717, 1.165) is 129 Å². The molecule has 0 aliphatic carbocycles. The number of nitrogens with zero attached hydrogens (tertiary/aromatic N) is 8. The Kier molecular flexibility index (Phi) is 18.0. The predicted octanol–water partition coefficient (Wildman–Crippen LogP) is 7.52. The lowest BCUT2D eigenvalue weighted by Crippen LogP contribution is -2.38. The second-order valence-corrected chi connectivity index (χ2v) is 20.1. The summed E-state index contributed by atoms with van der Waals surface area (Å²) in [6, 6.07) is 9.13. The lowest BCUT2D eigenvalue weighted by molar-refractivity contribution is -0.139. The van der Waals surface area contributed by atoms with Gasteiger partial charge in [-0.2, -0.15) is 0 Å². The Morgan fingerprint density at radius 2 is 1.15 bits per heavy atom. The van der Waals surface area contributed by atoms with Gasteiger partial charge in [-0.1, -0.05) is 26.2 Å². The zero-order valence-corrected chi connectivity index (χ0v) is 42.8. The van der Waals surface area contributed by atoms with E-state index in [1.807, 2.05) is 13.8 Å². The molecule has 4 aliphatic rings. The van der Waals surface area contributed by atoms with Crippen molar-refractivity contribution in [3.63, 3.8) is 0 Å². The molecular formula is C52H63BrF2N8O10. The third-order valence-electron chi connectivity index (χ3n) is 14.5. The van der Waals surface area contributed by atoms with Crippen LogP contribution >= 0.6 is 15.9 Å². The molecule has 0 saturated carbocycles. The molecule has 18 nitrogen and oxygen atoms in total. The number of piperidine rings is 2. The Hall–Kier alpha value is -5.74. The number of fused-ring (bicyclic) bond motifs is 4. The number of halogens is 3. The quantitative estimate of drug-likeness (QED) is 0.0896. The second kappa shape index (κ2) is 24.5. The summed E-state index contributed by atoms with van der Waals surface area (Å²) in [7, 11) is 0. The number of hydrogen-bond acceptors (Lipinski definition) is 14. The van der Waals surface area contributed by atoms with E-state index in [4.69, 9.17) is 29.0 Å². The summed E-state index contributed by atoms with van der Waals surface area (Å²) in [6.45, 7) is 10.2. The maximum Gasteiger partial charge on any atom is 0.305 e. The molecule has 10 rings (SSSR count). The average Bonchev–Trinajstić information content (AvgIpc) is 3.99. The first kappa shape index (κ1) is 53.5. The zero-order chi connectivity index (χ0) is 51.8. The smallest absolute Gasteiger partial charge is 0.305 e. The van der Waals surface area contributed by atoms with Gasteiger partial charge in [0.05, 0.1) is 30.8 Å². The van der Waals surface area contributed by atoms with Gasteiger partial charge in [-0.15, -0.1) is 0 Å². The molecule has 2 fully saturated rings. The van der Waals surface area contributed by atoms with Crippen LogP contribution in [0, 0.1) is 25.5 Å². The van der Waals surface area contributed by atoms with E-state index >= 15 is 0 Å². The van der Waals surface area contributed by atoms with Gasteiger partial charge in [0, 0.05) is 88.8 Å². The molecule has 0 spiro atoms. The maximum atomic E-state index is 13.5. The van der Waals surface area contributed by atoms with Gasteiger partial charge in [0.2, 0.25) is 0 Å². The molecule has 2 unspecified atom stereocenters. The van der Waals surface area contributed by atoms with Gasteiger partial charge in [0.25, 0.3) is 11.1 Å². The van der Waals surface area contributed by atoms with Crippen molar-refractivity contribution in [1.82, 2.24) is 39.2 Å². The number of aromatic nitrogens is 6. The summed E-state index contributed by atoms with van der Waals surface area (Å²) < 4.78 is 46.7. The third-order valence-corrected chi connectivity index (χ3v) is 14.9. The van der Waals surface area contributed by atoms with Crippen LogP contribution in [0.3, 0.4) is 0 Å². The van der Waals surface area contributed by atoms with Crippen molar-refractivity contribution < 1.29 is 47.5 Å². The van der Waals surface area contributed by atoms with Gasteiger partial charge >= 0.3 is 11.9 Å².